The second-order valence-electron chi connectivity index (χ2n) is 3.47. The molecule has 2 heteroatoms. The normalized spacial score (nSPS) is 15.3. The first-order valence-electron chi connectivity index (χ1n) is 4.81. The Labute approximate surface area is 79.6 Å². The van der Waals surface area contributed by atoms with Gasteiger partial charge < -0.3 is 5.11 Å². The van der Waals surface area contributed by atoms with Crippen LogP contribution in [0.1, 0.15) is 25.8 Å². The van der Waals surface area contributed by atoms with Crippen LogP contribution in [0.2, 0.25) is 0 Å². The van der Waals surface area contributed by atoms with E-state index in [4.69, 9.17) is 0 Å². The average Bonchev–Trinajstić information content (AvgIpc) is 2.15. The molecular formula is C11H17NO. The van der Waals surface area contributed by atoms with Crippen molar-refractivity contribution in [1.29, 1.82) is 0 Å². The van der Waals surface area contributed by atoms with Crippen molar-refractivity contribution in [2.45, 2.75) is 32.8 Å². The molecule has 2 nitrogen and oxygen atoms in total. The van der Waals surface area contributed by atoms with Crippen LogP contribution >= 0.6 is 0 Å². The van der Waals surface area contributed by atoms with E-state index in [0.717, 1.165) is 12.8 Å². The van der Waals surface area contributed by atoms with Gasteiger partial charge >= 0.3 is 0 Å². The summed E-state index contributed by atoms with van der Waals surface area (Å²) in [7, 11) is 0. The number of rotatable bonds is 4. The van der Waals surface area contributed by atoms with E-state index in [2.05, 4.69) is 18.0 Å². The molecule has 1 aromatic heterocycles. The number of aliphatic hydroxyl groups excluding tert-OH is 1. The summed E-state index contributed by atoms with van der Waals surface area (Å²) in [6.45, 7) is 3.96. The van der Waals surface area contributed by atoms with Crippen molar-refractivity contribution >= 4 is 0 Å². The number of aromatic nitrogens is 1. The maximum atomic E-state index is 9.45. The molecule has 0 fully saturated rings. The number of hydrogen-bond donors (Lipinski definition) is 1. The van der Waals surface area contributed by atoms with Crippen LogP contribution in [0.5, 0.6) is 0 Å². The average molecular weight is 179 g/mol. The zero-order valence-corrected chi connectivity index (χ0v) is 8.27. The minimum absolute atomic E-state index is 0.231. The van der Waals surface area contributed by atoms with Crippen molar-refractivity contribution in [1.82, 2.24) is 4.98 Å². The molecule has 2 atom stereocenters. The maximum Gasteiger partial charge on any atom is 0.0543 e. The van der Waals surface area contributed by atoms with E-state index in [9.17, 15) is 5.11 Å². The van der Waals surface area contributed by atoms with E-state index in [-0.39, 0.29) is 6.10 Å². The lowest BCUT2D eigenvalue weighted by Crippen LogP contribution is -2.18. The van der Waals surface area contributed by atoms with Crippen molar-refractivity contribution in [2.75, 3.05) is 0 Å². The molecule has 0 saturated heterocycles. The first-order chi connectivity index (χ1) is 6.24. The van der Waals surface area contributed by atoms with Gasteiger partial charge in [-0.2, -0.15) is 0 Å². The Balaban J connectivity index is 2.57. The Morgan fingerprint density at radius 3 is 2.77 bits per heavy atom. The number of aliphatic hydroxyl groups is 1. The van der Waals surface area contributed by atoms with Gasteiger partial charge in [-0.05, 0) is 30.9 Å². The monoisotopic (exact) mass is 179 g/mol. The lowest BCUT2D eigenvalue weighted by Gasteiger charge is -2.17. The lowest BCUT2D eigenvalue weighted by molar-refractivity contribution is 0.123. The molecule has 0 saturated carbocycles. The van der Waals surface area contributed by atoms with Crippen molar-refractivity contribution in [3.05, 3.63) is 30.1 Å². The van der Waals surface area contributed by atoms with E-state index in [1.807, 2.05) is 19.2 Å². The summed E-state index contributed by atoms with van der Waals surface area (Å²) in [6.07, 6.45) is 5.33. The van der Waals surface area contributed by atoms with Gasteiger partial charge in [-0.25, -0.2) is 0 Å². The molecule has 72 valence electrons. The Morgan fingerprint density at radius 1 is 1.54 bits per heavy atom. The highest BCUT2D eigenvalue weighted by atomic mass is 16.3. The molecule has 0 aliphatic carbocycles. The second-order valence-corrected chi connectivity index (χ2v) is 3.47. The van der Waals surface area contributed by atoms with Gasteiger partial charge in [-0.1, -0.05) is 19.4 Å². The van der Waals surface area contributed by atoms with Gasteiger partial charge in [0, 0.05) is 12.4 Å². The van der Waals surface area contributed by atoms with Crippen LogP contribution in [0.25, 0.3) is 0 Å². The molecule has 13 heavy (non-hydrogen) atoms. The topological polar surface area (TPSA) is 33.1 Å². The summed E-state index contributed by atoms with van der Waals surface area (Å²) in [5.74, 6) is 0.351. The highest BCUT2D eigenvalue weighted by Gasteiger charge is 2.12. The molecule has 0 aliphatic heterocycles. The highest BCUT2D eigenvalue weighted by Crippen LogP contribution is 2.14. The fourth-order valence-electron chi connectivity index (χ4n) is 1.48. The van der Waals surface area contributed by atoms with E-state index < -0.39 is 0 Å². The minimum Gasteiger partial charge on any atom is -0.393 e. The van der Waals surface area contributed by atoms with Crippen LogP contribution < -0.4 is 0 Å². The summed E-state index contributed by atoms with van der Waals surface area (Å²) < 4.78 is 0. The van der Waals surface area contributed by atoms with E-state index in [1.54, 1.807) is 6.20 Å². The van der Waals surface area contributed by atoms with Gasteiger partial charge in [0.2, 0.25) is 0 Å². The van der Waals surface area contributed by atoms with Crippen molar-refractivity contribution < 1.29 is 5.11 Å². The van der Waals surface area contributed by atoms with Crippen LogP contribution in [-0.2, 0) is 6.42 Å². The first-order valence-corrected chi connectivity index (χ1v) is 4.81. The zero-order valence-electron chi connectivity index (χ0n) is 8.27. The zero-order chi connectivity index (χ0) is 9.68. The van der Waals surface area contributed by atoms with Gasteiger partial charge in [0.25, 0.3) is 0 Å². The first kappa shape index (κ1) is 10.2. The van der Waals surface area contributed by atoms with Crippen molar-refractivity contribution in [3.63, 3.8) is 0 Å². The fourth-order valence-corrected chi connectivity index (χ4v) is 1.48. The second kappa shape index (κ2) is 4.97. The summed E-state index contributed by atoms with van der Waals surface area (Å²) in [5.41, 5.74) is 1.20. The van der Waals surface area contributed by atoms with Gasteiger partial charge in [0.05, 0.1) is 6.10 Å². The third-order valence-electron chi connectivity index (χ3n) is 2.43. The molecule has 2 unspecified atom stereocenters. The molecule has 0 aliphatic rings. The van der Waals surface area contributed by atoms with E-state index >= 15 is 0 Å². The SMILES string of the molecule is CCC(Cc1cccnc1)C(C)O. The summed E-state index contributed by atoms with van der Waals surface area (Å²) in [4.78, 5) is 4.05. The number of pyridine rings is 1. The molecule has 0 spiro atoms. The molecule has 1 heterocycles. The third-order valence-corrected chi connectivity index (χ3v) is 2.43. The van der Waals surface area contributed by atoms with Crippen LogP contribution in [0.4, 0.5) is 0 Å². The van der Waals surface area contributed by atoms with Crippen LogP contribution in [0, 0.1) is 5.92 Å². The molecule has 0 amide bonds. The van der Waals surface area contributed by atoms with Gasteiger partial charge in [-0.3, -0.25) is 4.98 Å². The lowest BCUT2D eigenvalue weighted by atomic mass is 9.93. The van der Waals surface area contributed by atoms with E-state index in [1.165, 1.54) is 5.56 Å². The van der Waals surface area contributed by atoms with Crippen molar-refractivity contribution in [2.24, 2.45) is 5.92 Å². The molecule has 0 radical (unpaired) electrons. The maximum absolute atomic E-state index is 9.45. The Bertz CT molecular complexity index is 233. The number of hydrogen-bond acceptors (Lipinski definition) is 2. The van der Waals surface area contributed by atoms with Crippen LogP contribution in [0.15, 0.2) is 24.5 Å². The quantitative estimate of drug-likeness (QED) is 0.767. The van der Waals surface area contributed by atoms with Gasteiger partial charge in [0.1, 0.15) is 0 Å². The van der Waals surface area contributed by atoms with E-state index in [0.29, 0.717) is 5.92 Å². The Morgan fingerprint density at radius 2 is 2.31 bits per heavy atom. The molecular weight excluding hydrogens is 162 g/mol. The predicted octanol–water partition coefficient (Wildman–Crippen LogP) is 2.03. The summed E-state index contributed by atoms with van der Waals surface area (Å²) in [5, 5.41) is 9.45. The summed E-state index contributed by atoms with van der Waals surface area (Å²) >= 11 is 0. The smallest absolute Gasteiger partial charge is 0.0543 e. The van der Waals surface area contributed by atoms with Crippen LogP contribution in [0.3, 0.4) is 0 Å². The minimum atomic E-state index is -0.231. The Hall–Kier alpha value is -0.890. The Kier molecular flexibility index (Phi) is 3.90. The molecule has 1 N–H and O–H groups in total. The third kappa shape index (κ3) is 3.15. The number of nitrogens with zero attached hydrogens (tertiary/aromatic N) is 1. The highest BCUT2D eigenvalue weighted by molar-refractivity contribution is 5.09. The van der Waals surface area contributed by atoms with Gasteiger partial charge in [-0.15, -0.1) is 0 Å². The molecule has 1 rings (SSSR count). The summed E-state index contributed by atoms with van der Waals surface area (Å²) in [6, 6.07) is 3.99. The molecule has 0 aromatic carbocycles. The van der Waals surface area contributed by atoms with Crippen LogP contribution in [-0.4, -0.2) is 16.2 Å². The molecule has 0 bridgehead atoms. The standard InChI is InChI=1S/C11H17NO/c1-3-11(9(2)13)7-10-5-4-6-12-8-10/h4-6,8-9,11,13H,3,7H2,1-2H3. The van der Waals surface area contributed by atoms with Crippen molar-refractivity contribution in [3.8, 4) is 0 Å². The van der Waals surface area contributed by atoms with Gasteiger partial charge in [0.15, 0.2) is 0 Å². The fraction of sp³-hybridized carbons (Fsp3) is 0.545. The largest absolute Gasteiger partial charge is 0.393 e. The molecule has 1 aromatic rings. The predicted molar refractivity (Wildman–Crippen MR) is 53.4 cm³/mol.